The highest BCUT2D eigenvalue weighted by atomic mass is 127. The maximum absolute atomic E-state index is 11.9. The molecule has 0 amide bonds. The first kappa shape index (κ1) is 10.9. The lowest BCUT2D eigenvalue weighted by Gasteiger charge is -2.05. The number of halogens is 1. The molecule has 1 fully saturated rings. The van der Waals surface area contributed by atoms with Crippen molar-refractivity contribution in [3.8, 4) is 11.5 Å². The number of rotatable bonds is 2. The molecule has 88 valence electrons. The molecule has 2 heterocycles. The van der Waals surface area contributed by atoms with Gasteiger partial charge in [0.15, 0.2) is 5.82 Å². The van der Waals surface area contributed by atoms with E-state index in [1.54, 1.807) is 10.9 Å². The second kappa shape index (κ2) is 3.94. The van der Waals surface area contributed by atoms with Crippen LogP contribution in [-0.4, -0.2) is 19.7 Å². The van der Waals surface area contributed by atoms with Crippen LogP contribution in [0.1, 0.15) is 24.5 Å². The second-order valence-corrected chi connectivity index (χ2v) is 5.31. The van der Waals surface area contributed by atoms with E-state index in [2.05, 4.69) is 37.7 Å². The average Bonchev–Trinajstić information content (AvgIpc) is 3.05. The number of hydrogen-bond acceptors (Lipinski definition) is 3. The molecule has 0 aliphatic heterocycles. The summed E-state index contributed by atoms with van der Waals surface area (Å²) in [6, 6.07) is 1.85. The van der Waals surface area contributed by atoms with Gasteiger partial charge in [-0.3, -0.25) is 9.48 Å². The molecule has 2 aromatic rings. The van der Waals surface area contributed by atoms with Crippen LogP contribution in [0.3, 0.4) is 0 Å². The highest BCUT2D eigenvalue weighted by Crippen LogP contribution is 2.40. The SMILES string of the molecule is Cn1nccc1-c1nc(C2CC2)c(I)c(=O)[nH]1. The second-order valence-electron chi connectivity index (χ2n) is 4.23. The third-order valence-corrected chi connectivity index (χ3v) is 3.96. The Bertz CT molecular complexity index is 627. The molecule has 0 spiro atoms. The third-order valence-electron chi connectivity index (χ3n) is 2.92. The lowest BCUT2D eigenvalue weighted by atomic mass is 10.2. The van der Waals surface area contributed by atoms with Crippen LogP contribution in [0, 0.1) is 3.57 Å². The number of hydrogen-bond donors (Lipinski definition) is 1. The fraction of sp³-hybridized carbons (Fsp3) is 0.364. The fourth-order valence-corrected chi connectivity index (χ4v) is 2.53. The van der Waals surface area contributed by atoms with Crippen LogP contribution < -0.4 is 5.56 Å². The van der Waals surface area contributed by atoms with Crippen LogP contribution in [-0.2, 0) is 7.05 Å². The van der Waals surface area contributed by atoms with Gasteiger partial charge in [0.25, 0.3) is 5.56 Å². The van der Waals surface area contributed by atoms with Gasteiger partial charge in [0, 0.05) is 19.2 Å². The Morgan fingerprint density at radius 1 is 1.53 bits per heavy atom. The molecular formula is C11H11IN4O. The average molecular weight is 342 g/mol. The van der Waals surface area contributed by atoms with E-state index in [0.717, 1.165) is 27.8 Å². The molecule has 17 heavy (non-hydrogen) atoms. The minimum absolute atomic E-state index is 0.0568. The molecule has 1 aliphatic carbocycles. The minimum Gasteiger partial charge on any atom is -0.304 e. The van der Waals surface area contributed by atoms with E-state index in [4.69, 9.17) is 0 Å². The van der Waals surface area contributed by atoms with E-state index in [1.807, 2.05) is 13.1 Å². The first-order valence-electron chi connectivity index (χ1n) is 5.45. The van der Waals surface area contributed by atoms with Gasteiger partial charge < -0.3 is 4.98 Å². The Morgan fingerprint density at radius 3 is 2.88 bits per heavy atom. The normalized spacial score (nSPS) is 15.2. The van der Waals surface area contributed by atoms with E-state index in [0.29, 0.717) is 11.7 Å². The maximum Gasteiger partial charge on any atom is 0.264 e. The van der Waals surface area contributed by atoms with Gasteiger partial charge in [-0.2, -0.15) is 5.10 Å². The molecule has 3 rings (SSSR count). The van der Waals surface area contributed by atoms with Gasteiger partial charge in [-0.05, 0) is 41.5 Å². The Kier molecular flexibility index (Phi) is 2.53. The number of nitrogens with zero attached hydrogens (tertiary/aromatic N) is 3. The van der Waals surface area contributed by atoms with Crippen LogP contribution in [0.4, 0.5) is 0 Å². The van der Waals surface area contributed by atoms with Crippen LogP contribution in [0.5, 0.6) is 0 Å². The lowest BCUT2D eigenvalue weighted by Crippen LogP contribution is -2.16. The molecule has 1 N–H and O–H groups in total. The third kappa shape index (κ3) is 1.90. The van der Waals surface area contributed by atoms with E-state index in [9.17, 15) is 4.79 Å². The summed E-state index contributed by atoms with van der Waals surface area (Å²) in [7, 11) is 1.84. The molecule has 0 saturated heterocycles. The smallest absolute Gasteiger partial charge is 0.264 e. The van der Waals surface area contributed by atoms with E-state index >= 15 is 0 Å². The van der Waals surface area contributed by atoms with Crippen LogP contribution in [0.25, 0.3) is 11.5 Å². The van der Waals surface area contributed by atoms with Gasteiger partial charge in [-0.15, -0.1) is 0 Å². The van der Waals surface area contributed by atoms with E-state index in [1.165, 1.54) is 0 Å². The summed E-state index contributed by atoms with van der Waals surface area (Å²) in [6.07, 6.45) is 3.97. The zero-order valence-corrected chi connectivity index (χ0v) is 11.4. The molecule has 1 aliphatic rings. The summed E-state index contributed by atoms with van der Waals surface area (Å²) < 4.78 is 2.43. The molecule has 0 aromatic carbocycles. The van der Waals surface area contributed by atoms with Crippen molar-refractivity contribution in [2.24, 2.45) is 7.05 Å². The Hall–Kier alpha value is -1.18. The number of aryl methyl sites for hydroxylation is 1. The predicted octanol–water partition coefficient (Wildman–Crippen LogP) is 1.65. The summed E-state index contributed by atoms with van der Waals surface area (Å²) >= 11 is 2.07. The van der Waals surface area contributed by atoms with Gasteiger partial charge in [0.05, 0.1) is 5.69 Å². The summed E-state index contributed by atoms with van der Waals surface area (Å²) in [5, 5.41) is 4.09. The van der Waals surface area contributed by atoms with E-state index in [-0.39, 0.29) is 5.56 Å². The first-order chi connectivity index (χ1) is 8.16. The molecule has 6 heteroatoms. The van der Waals surface area contributed by atoms with Gasteiger partial charge >= 0.3 is 0 Å². The fourth-order valence-electron chi connectivity index (χ4n) is 1.83. The van der Waals surface area contributed by atoms with Crippen molar-refractivity contribution >= 4 is 22.6 Å². The quantitative estimate of drug-likeness (QED) is 0.845. The summed E-state index contributed by atoms with van der Waals surface area (Å²) in [5.41, 5.74) is 1.71. The van der Waals surface area contributed by atoms with Gasteiger partial charge in [-0.1, -0.05) is 0 Å². The molecule has 0 atom stereocenters. The Labute approximate surface area is 111 Å². The molecule has 5 nitrogen and oxygen atoms in total. The lowest BCUT2D eigenvalue weighted by molar-refractivity contribution is 0.767. The van der Waals surface area contributed by atoms with Crippen molar-refractivity contribution in [2.75, 3.05) is 0 Å². The standard InChI is InChI=1S/C11H11IN4O/c1-16-7(4-5-13-16)10-14-9(6-2-3-6)8(12)11(17)15-10/h4-6H,2-3H2,1H3,(H,14,15,17). The Morgan fingerprint density at radius 2 is 2.29 bits per heavy atom. The molecule has 2 aromatic heterocycles. The van der Waals surface area contributed by atoms with Crippen molar-refractivity contribution in [3.63, 3.8) is 0 Å². The summed E-state index contributed by atoms with van der Waals surface area (Å²) in [4.78, 5) is 19.2. The van der Waals surface area contributed by atoms with Crippen molar-refractivity contribution in [3.05, 3.63) is 31.9 Å². The highest BCUT2D eigenvalue weighted by Gasteiger charge is 2.29. The van der Waals surface area contributed by atoms with Crippen LogP contribution in [0.15, 0.2) is 17.1 Å². The predicted molar refractivity (Wildman–Crippen MR) is 71.8 cm³/mol. The highest BCUT2D eigenvalue weighted by molar-refractivity contribution is 14.1. The van der Waals surface area contributed by atoms with Crippen molar-refractivity contribution in [2.45, 2.75) is 18.8 Å². The van der Waals surface area contributed by atoms with Crippen molar-refractivity contribution in [1.29, 1.82) is 0 Å². The zero-order chi connectivity index (χ0) is 12.0. The summed E-state index contributed by atoms with van der Waals surface area (Å²) in [6.45, 7) is 0. The maximum atomic E-state index is 11.9. The van der Waals surface area contributed by atoms with Crippen molar-refractivity contribution < 1.29 is 0 Å². The monoisotopic (exact) mass is 342 g/mol. The molecule has 0 radical (unpaired) electrons. The number of nitrogens with one attached hydrogen (secondary N) is 1. The molecular weight excluding hydrogens is 331 g/mol. The number of H-pyrrole nitrogens is 1. The van der Waals surface area contributed by atoms with Gasteiger partial charge in [0.2, 0.25) is 0 Å². The molecule has 1 saturated carbocycles. The largest absolute Gasteiger partial charge is 0.304 e. The number of aromatic amines is 1. The molecule has 0 bridgehead atoms. The minimum atomic E-state index is -0.0568. The van der Waals surface area contributed by atoms with Crippen molar-refractivity contribution in [1.82, 2.24) is 19.7 Å². The Balaban J connectivity index is 2.18. The zero-order valence-electron chi connectivity index (χ0n) is 9.27. The van der Waals surface area contributed by atoms with Crippen LogP contribution in [0.2, 0.25) is 0 Å². The molecule has 0 unspecified atom stereocenters. The first-order valence-corrected chi connectivity index (χ1v) is 6.53. The topological polar surface area (TPSA) is 63.6 Å². The van der Waals surface area contributed by atoms with Gasteiger partial charge in [-0.25, -0.2) is 4.98 Å². The van der Waals surface area contributed by atoms with Gasteiger partial charge in [0.1, 0.15) is 9.26 Å². The van der Waals surface area contributed by atoms with Crippen LogP contribution >= 0.6 is 22.6 Å². The summed E-state index contributed by atoms with van der Waals surface area (Å²) in [5.74, 6) is 1.08. The number of aromatic nitrogens is 4. The van der Waals surface area contributed by atoms with E-state index < -0.39 is 0 Å².